The lowest BCUT2D eigenvalue weighted by Crippen LogP contribution is -2.48. The Kier molecular flexibility index (Phi) is 5.10. The van der Waals surface area contributed by atoms with Crippen molar-refractivity contribution in [1.29, 1.82) is 0 Å². The molecular formula is C13H26N2O. The summed E-state index contributed by atoms with van der Waals surface area (Å²) in [6.45, 7) is 9.25. The van der Waals surface area contributed by atoms with Gasteiger partial charge in [0.2, 0.25) is 0 Å². The normalized spacial score (nSPS) is 17.1. The molecule has 0 unspecified atom stereocenters. The van der Waals surface area contributed by atoms with Crippen LogP contribution < -0.4 is 5.32 Å². The van der Waals surface area contributed by atoms with Crippen molar-refractivity contribution in [1.82, 2.24) is 10.2 Å². The van der Waals surface area contributed by atoms with Crippen LogP contribution in [0.25, 0.3) is 0 Å². The molecule has 0 heterocycles. The third-order valence-electron chi connectivity index (χ3n) is 3.00. The molecule has 1 N–H and O–H groups in total. The minimum atomic E-state index is 0.121. The van der Waals surface area contributed by atoms with Crippen LogP contribution in [-0.4, -0.2) is 29.6 Å². The Hall–Kier alpha value is -0.730. The van der Waals surface area contributed by atoms with Gasteiger partial charge in [-0.1, -0.05) is 26.7 Å². The van der Waals surface area contributed by atoms with Gasteiger partial charge >= 0.3 is 6.03 Å². The van der Waals surface area contributed by atoms with Crippen molar-refractivity contribution in [2.45, 2.75) is 65.5 Å². The fraction of sp³-hybridized carbons (Fsp3) is 0.923. The van der Waals surface area contributed by atoms with E-state index in [0.717, 1.165) is 6.54 Å². The van der Waals surface area contributed by atoms with Crippen molar-refractivity contribution in [3.63, 3.8) is 0 Å². The van der Waals surface area contributed by atoms with Gasteiger partial charge in [0.15, 0.2) is 0 Å². The van der Waals surface area contributed by atoms with Crippen molar-refractivity contribution in [2.24, 2.45) is 5.92 Å². The topological polar surface area (TPSA) is 32.3 Å². The zero-order chi connectivity index (χ0) is 12.1. The Morgan fingerprint density at radius 1 is 1.25 bits per heavy atom. The van der Waals surface area contributed by atoms with Gasteiger partial charge in [-0.15, -0.1) is 0 Å². The lowest BCUT2D eigenvalue weighted by atomic mass is 10.1. The van der Waals surface area contributed by atoms with Gasteiger partial charge in [-0.2, -0.15) is 0 Å². The monoisotopic (exact) mass is 226 g/mol. The Balaban J connectivity index is 2.58. The summed E-state index contributed by atoms with van der Waals surface area (Å²) >= 11 is 0. The molecule has 0 saturated heterocycles. The third-order valence-corrected chi connectivity index (χ3v) is 3.00. The van der Waals surface area contributed by atoms with Crippen LogP contribution in [0.3, 0.4) is 0 Å². The van der Waals surface area contributed by atoms with Crippen molar-refractivity contribution >= 4 is 6.03 Å². The standard InChI is InChI=1S/C13H26N2O/c1-10(2)9-15(12-7-5-6-8-12)13(16)14-11(3)4/h10-12H,5-9H2,1-4H3,(H,14,16). The van der Waals surface area contributed by atoms with Gasteiger partial charge < -0.3 is 10.2 Å². The molecule has 1 aliphatic rings. The first kappa shape index (κ1) is 13.3. The van der Waals surface area contributed by atoms with Crippen molar-refractivity contribution in [3.8, 4) is 0 Å². The number of hydrogen-bond donors (Lipinski definition) is 1. The molecular weight excluding hydrogens is 200 g/mol. The van der Waals surface area contributed by atoms with Gasteiger partial charge in [0, 0.05) is 18.6 Å². The molecule has 1 saturated carbocycles. The molecule has 2 amide bonds. The Bertz CT molecular complexity index is 220. The van der Waals surface area contributed by atoms with Crippen LogP contribution in [0.2, 0.25) is 0 Å². The molecule has 3 heteroatoms. The molecule has 94 valence electrons. The lowest BCUT2D eigenvalue weighted by Gasteiger charge is -2.31. The number of nitrogens with one attached hydrogen (secondary N) is 1. The summed E-state index contributed by atoms with van der Waals surface area (Å²) < 4.78 is 0. The minimum absolute atomic E-state index is 0.121. The van der Waals surface area contributed by atoms with E-state index in [0.29, 0.717) is 12.0 Å². The van der Waals surface area contributed by atoms with Crippen molar-refractivity contribution in [3.05, 3.63) is 0 Å². The first-order valence-electron chi connectivity index (χ1n) is 6.57. The van der Waals surface area contributed by atoms with Gasteiger partial charge in [-0.25, -0.2) is 4.79 Å². The van der Waals surface area contributed by atoms with E-state index < -0.39 is 0 Å². The Morgan fingerprint density at radius 3 is 2.25 bits per heavy atom. The van der Waals surface area contributed by atoms with Crippen LogP contribution in [0.4, 0.5) is 4.79 Å². The van der Waals surface area contributed by atoms with Crippen molar-refractivity contribution in [2.75, 3.05) is 6.54 Å². The fourth-order valence-corrected chi connectivity index (χ4v) is 2.34. The highest BCUT2D eigenvalue weighted by Crippen LogP contribution is 2.24. The number of urea groups is 1. The summed E-state index contributed by atoms with van der Waals surface area (Å²) in [7, 11) is 0. The van der Waals surface area contributed by atoms with Crippen LogP contribution in [0.1, 0.15) is 53.4 Å². The van der Waals surface area contributed by atoms with Crippen LogP contribution in [0.15, 0.2) is 0 Å². The highest BCUT2D eigenvalue weighted by atomic mass is 16.2. The predicted molar refractivity (Wildman–Crippen MR) is 67.5 cm³/mol. The average molecular weight is 226 g/mol. The van der Waals surface area contributed by atoms with E-state index in [1.807, 2.05) is 13.8 Å². The van der Waals surface area contributed by atoms with E-state index in [1.165, 1.54) is 25.7 Å². The highest BCUT2D eigenvalue weighted by molar-refractivity contribution is 5.74. The maximum Gasteiger partial charge on any atom is 0.317 e. The van der Waals surface area contributed by atoms with Gasteiger partial charge in [0.25, 0.3) is 0 Å². The highest BCUT2D eigenvalue weighted by Gasteiger charge is 2.27. The summed E-state index contributed by atoms with van der Waals surface area (Å²) in [5.74, 6) is 0.540. The van der Waals surface area contributed by atoms with Crippen LogP contribution in [0.5, 0.6) is 0 Å². The number of carbonyl (C=O) groups is 1. The number of carbonyl (C=O) groups excluding carboxylic acids is 1. The molecule has 1 aliphatic carbocycles. The smallest absolute Gasteiger partial charge is 0.317 e. The first-order valence-corrected chi connectivity index (χ1v) is 6.57. The van der Waals surface area contributed by atoms with E-state index in [2.05, 4.69) is 24.1 Å². The zero-order valence-electron chi connectivity index (χ0n) is 11.1. The fourth-order valence-electron chi connectivity index (χ4n) is 2.34. The summed E-state index contributed by atoms with van der Waals surface area (Å²) in [5, 5.41) is 3.01. The number of rotatable bonds is 4. The van der Waals surface area contributed by atoms with E-state index in [-0.39, 0.29) is 12.1 Å². The van der Waals surface area contributed by atoms with E-state index in [1.54, 1.807) is 0 Å². The Labute approximate surface area is 99.6 Å². The lowest BCUT2D eigenvalue weighted by molar-refractivity contribution is 0.163. The molecule has 0 atom stereocenters. The van der Waals surface area contributed by atoms with E-state index in [9.17, 15) is 4.79 Å². The van der Waals surface area contributed by atoms with Crippen LogP contribution in [0, 0.1) is 5.92 Å². The molecule has 0 bridgehead atoms. The SMILES string of the molecule is CC(C)CN(C(=O)NC(C)C)C1CCCC1. The van der Waals surface area contributed by atoms with Crippen LogP contribution >= 0.6 is 0 Å². The van der Waals surface area contributed by atoms with Gasteiger partial charge in [-0.05, 0) is 32.6 Å². The second-order valence-corrected chi connectivity index (χ2v) is 5.59. The third kappa shape index (κ3) is 4.03. The van der Waals surface area contributed by atoms with E-state index in [4.69, 9.17) is 0 Å². The van der Waals surface area contributed by atoms with Gasteiger partial charge in [0.1, 0.15) is 0 Å². The molecule has 1 fully saturated rings. The largest absolute Gasteiger partial charge is 0.336 e. The second kappa shape index (κ2) is 6.12. The van der Waals surface area contributed by atoms with E-state index >= 15 is 0 Å². The number of amides is 2. The summed E-state index contributed by atoms with van der Waals surface area (Å²) in [5.41, 5.74) is 0. The summed E-state index contributed by atoms with van der Waals surface area (Å²) in [6.07, 6.45) is 4.90. The van der Waals surface area contributed by atoms with Crippen LogP contribution in [-0.2, 0) is 0 Å². The van der Waals surface area contributed by atoms with Gasteiger partial charge in [0.05, 0.1) is 0 Å². The molecule has 0 spiro atoms. The zero-order valence-corrected chi connectivity index (χ0v) is 11.1. The average Bonchev–Trinajstić information content (AvgIpc) is 2.64. The molecule has 0 aromatic heterocycles. The maximum absolute atomic E-state index is 12.1. The minimum Gasteiger partial charge on any atom is -0.336 e. The molecule has 0 aromatic carbocycles. The molecule has 0 aliphatic heterocycles. The molecule has 0 radical (unpaired) electrons. The predicted octanol–water partition coefficient (Wildman–Crippen LogP) is 3.01. The quantitative estimate of drug-likeness (QED) is 0.785. The summed E-state index contributed by atoms with van der Waals surface area (Å²) in [4.78, 5) is 14.1. The van der Waals surface area contributed by atoms with Crippen molar-refractivity contribution < 1.29 is 4.79 Å². The number of nitrogens with zero attached hydrogens (tertiary/aromatic N) is 1. The Morgan fingerprint density at radius 2 is 1.81 bits per heavy atom. The maximum atomic E-state index is 12.1. The first-order chi connectivity index (χ1) is 7.50. The summed E-state index contributed by atoms with van der Waals surface area (Å²) in [6, 6.07) is 0.820. The molecule has 1 rings (SSSR count). The number of hydrogen-bond acceptors (Lipinski definition) is 1. The molecule has 3 nitrogen and oxygen atoms in total. The second-order valence-electron chi connectivity index (χ2n) is 5.59. The molecule has 0 aromatic rings. The molecule has 16 heavy (non-hydrogen) atoms. The van der Waals surface area contributed by atoms with Gasteiger partial charge in [-0.3, -0.25) is 0 Å².